The summed E-state index contributed by atoms with van der Waals surface area (Å²) < 4.78 is 32.4. The summed E-state index contributed by atoms with van der Waals surface area (Å²) in [5.74, 6) is 0.942. The molecule has 1 aromatic heterocycles. The molecule has 0 spiro atoms. The van der Waals surface area contributed by atoms with Crippen LogP contribution in [0.15, 0.2) is 67.0 Å². The first-order chi connectivity index (χ1) is 12.1. The number of benzene rings is 2. The van der Waals surface area contributed by atoms with E-state index >= 15 is 0 Å². The third kappa shape index (κ3) is 4.48. The molecule has 0 amide bonds. The molecule has 0 N–H and O–H groups in total. The number of hydrogen-bond acceptors (Lipinski definition) is 4. The van der Waals surface area contributed by atoms with Gasteiger partial charge in [-0.1, -0.05) is 48.5 Å². The zero-order chi connectivity index (χ0) is 17.7. The fourth-order valence-corrected chi connectivity index (χ4v) is 4.16. The van der Waals surface area contributed by atoms with Crippen LogP contribution in [0.25, 0.3) is 0 Å². The van der Waals surface area contributed by atoms with E-state index in [-0.39, 0.29) is 11.5 Å². The molecule has 0 aliphatic carbocycles. The molecule has 3 aromatic rings. The predicted octanol–water partition coefficient (Wildman–Crippen LogP) is 3.06. The lowest BCUT2D eigenvalue weighted by atomic mass is 10.2. The molecular weight excluding hydrogens is 336 g/mol. The van der Waals surface area contributed by atoms with E-state index in [1.54, 1.807) is 24.5 Å². The Morgan fingerprint density at radius 3 is 2.48 bits per heavy atom. The first-order valence-electron chi connectivity index (χ1n) is 7.93. The van der Waals surface area contributed by atoms with Gasteiger partial charge >= 0.3 is 0 Å². The van der Waals surface area contributed by atoms with Crippen molar-refractivity contribution in [3.63, 3.8) is 0 Å². The van der Waals surface area contributed by atoms with Crippen LogP contribution in [-0.2, 0) is 27.9 Å². The van der Waals surface area contributed by atoms with Gasteiger partial charge in [-0.2, -0.15) is 0 Å². The minimum absolute atomic E-state index is 0.0742. The molecule has 1 heterocycles. The largest absolute Gasteiger partial charge is 0.496 e. The van der Waals surface area contributed by atoms with Gasteiger partial charge in [0.05, 0.1) is 12.9 Å². The van der Waals surface area contributed by atoms with Gasteiger partial charge in [-0.05, 0) is 11.6 Å². The number of hydrogen-bond donors (Lipinski definition) is 0. The normalized spacial score (nSPS) is 11.4. The molecule has 0 unspecified atom stereocenters. The SMILES string of the molecule is COc1ccccc1CS(=O)(=O)Cc1nccn1Cc1ccccc1. The molecule has 130 valence electrons. The van der Waals surface area contributed by atoms with E-state index in [2.05, 4.69) is 4.98 Å². The van der Waals surface area contributed by atoms with Crippen molar-refractivity contribution < 1.29 is 13.2 Å². The van der Waals surface area contributed by atoms with E-state index < -0.39 is 9.84 Å². The second-order valence-corrected chi connectivity index (χ2v) is 7.87. The van der Waals surface area contributed by atoms with Crippen molar-refractivity contribution in [1.82, 2.24) is 9.55 Å². The van der Waals surface area contributed by atoms with Gasteiger partial charge in [0.2, 0.25) is 0 Å². The van der Waals surface area contributed by atoms with Crippen molar-refractivity contribution in [3.8, 4) is 5.75 Å². The molecule has 0 aliphatic heterocycles. The average Bonchev–Trinajstić information content (AvgIpc) is 3.02. The second-order valence-electron chi connectivity index (χ2n) is 5.80. The van der Waals surface area contributed by atoms with Gasteiger partial charge in [-0.25, -0.2) is 13.4 Å². The Balaban J connectivity index is 1.77. The second kappa shape index (κ2) is 7.53. The number of rotatable bonds is 7. The first kappa shape index (κ1) is 17.2. The Labute approximate surface area is 147 Å². The molecule has 0 saturated heterocycles. The molecule has 0 atom stereocenters. The minimum atomic E-state index is -3.37. The molecule has 0 aliphatic rings. The van der Waals surface area contributed by atoms with Gasteiger partial charge in [-0.15, -0.1) is 0 Å². The van der Waals surface area contributed by atoms with Crippen LogP contribution >= 0.6 is 0 Å². The number of imidazole rings is 1. The lowest BCUT2D eigenvalue weighted by Gasteiger charge is -2.11. The monoisotopic (exact) mass is 356 g/mol. The Morgan fingerprint density at radius 1 is 1.00 bits per heavy atom. The number of nitrogens with zero attached hydrogens (tertiary/aromatic N) is 2. The van der Waals surface area contributed by atoms with Gasteiger partial charge < -0.3 is 9.30 Å². The first-order valence-corrected chi connectivity index (χ1v) is 9.76. The van der Waals surface area contributed by atoms with Gasteiger partial charge in [0.25, 0.3) is 0 Å². The van der Waals surface area contributed by atoms with E-state index in [1.807, 2.05) is 47.0 Å². The Kier molecular flexibility index (Phi) is 5.19. The summed E-state index contributed by atoms with van der Waals surface area (Å²) in [4.78, 5) is 4.23. The third-order valence-electron chi connectivity index (χ3n) is 3.91. The summed E-state index contributed by atoms with van der Waals surface area (Å²) in [6.45, 7) is 0.598. The quantitative estimate of drug-likeness (QED) is 0.653. The summed E-state index contributed by atoms with van der Waals surface area (Å²) in [6.07, 6.45) is 3.44. The Hall–Kier alpha value is -2.60. The lowest BCUT2D eigenvalue weighted by Crippen LogP contribution is -2.13. The maximum Gasteiger partial charge on any atom is 0.161 e. The average molecular weight is 356 g/mol. The summed E-state index contributed by atoms with van der Waals surface area (Å²) >= 11 is 0. The highest BCUT2D eigenvalue weighted by atomic mass is 32.2. The van der Waals surface area contributed by atoms with Crippen molar-refractivity contribution in [2.24, 2.45) is 0 Å². The summed E-state index contributed by atoms with van der Waals surface area (Å²) in [5, 5.41) is 0. The van der Waals surface area contributed by atoms with Gasteiger partial charge in [0.15, 0.2) is 9.84 Å². The van der Waals surface area contributed by atoms with Crippen molar-refractivity contribution >= 4 is 9.84 Å². The van der Waals surface area contributed by atoms with E-state index in [0.717, 1.165) is 5.56 Å². The molecule has 5 nitrogen and oxygen atoms in total. The number of aromatic nitrogens is 2. The predicted molar refractivity (Wildman–Crippen MR) is 97.1 cm³/mol. The van der Waals surface area contributed by atoms with Crippen LogP contribution in [0.1, 0.15) is 17.0 Å². The fraction of sp³-hybridized carbons (Fsp3) is 0.211. The van der Waals surface area contributed by atoms with E-state index in [0.29, 0.717) is 23.7 Å². The van der Waals surface area contributed by atoms with E-state index in [9.17, 15) is 8.42 Å². The molecule has 25 heavy (non-hydrogen) atoms. The highest BCUT2D eigenvalue weighted by Crippen LogP contribution is 2.21. The molecular formula is C19H20N2O3S. The minimum Gasteiger partial charge on any atom is -0.496 e. The van der Waals surface area contributed by atoms with Crippen LogP contribution in [0.5, 0.6) is 5.75 Å². The molecule has 0 saturated carbocycles. The lowest BCUT2D eigenvalue weighted by molar-refractivity contribution is 0.411. The van der Waals surface area contributed by atoms with Crippen molar-refractivity contribution in [2.75, 3.05) is 7.11 Å². The van der Waals surface area contributed by atoms with Crippen molar-refractivity contribution in [1.29, 1.82) is 0 Å². The van der Waals surface area contributed by atoms with Crippen LogP contribution < -0.4 is 4.74 Å². The Bertz CT molecular complexity index is 934. The van der Waals surface area contributed by atoms with Crippen LogP contribution in [0.4, 0.5) is 0 Å². The van der Waals surface area contributed by atoms with Gasteiger partial charge in [0, 0.05) is 24.5 Å². The van der Waals surface area contributed by atoms with Gasteiger partial charge in [0.1, 0.15) is 17.3 Å². The standard InChI is InChI=1S/C19H20N2O3S/c1-24-18-10-6-5-9-17(18)14-25(22,23)15-19-20-11-12-21(19)13-16-7-3-2-4-8-16/h2-12H,13-15H2,1H3. The molecule has 6 heteroatoms. The molecule has 0 bridgehead atoms. The van der Waals surface area contributed by atoms with Crippen LogP contribution in [-0.4, -0.2) is 25.1 Å². The van der Waals surface area contributed by atoms with Crippen molar-refractivity contribution in [2.45, 2.75) is 18.1 Å². The summed E-state index contributed by atoms with van der Waals surface area (Å²) in [5.41, 5.74) is 1.76. The maximum absolute atomic E-state index is 12.6. The fourth-order valence-electron chi connectivity index (χ4n) is 2.71. The number of methoxy groups -OCH3 is 1. The van der Waals surface area contributed by atoms with E-state index in [4.69, 9.17) is 4.74 Å². The molecule has 3 rings (SSSR count). The maximum atomic E-state index is 12.6. The van der Waals surface area contributed by atoms with Crippen LogP contribution in [0.3, 0.4) is 0 Å². The highest BCUT2D eigenvalue weighted by Gasteiger charge is 2.18. The molecule has 0 radical (unpaired) electrons. The summed E-state index contributed by atoms with van der Waals surface area (Å²) in [6, 6.07) is 17.1. The zero-order valence-corrected chi connectivity index (χ0v) is 14.8. The van der Waals surface area contributed by atoms with Crippen LogP contribution in [0, 0.1) is 0 Å². The zero-order valence-electron chi connectivity index (χ0n) is 14.0. The molecule has 0 fully saturated rings. The number of ether oxygens (including phenoxy) is 1. The van der Waals surface area contributed by atoms with Gasteiger partial charge in [-0.3, -0.25) is 0 Å². The van der Waals surface area contributed by atoms with Crippen molar-refractivity contribution in [3.05, 3.63) is 83.9 Å². The number of para-hydroxylation sites is 1. The highest BCUT2D eigenvalue weighted by molar-refractivity contribution is 7.89. The van der Waals surface area contributed by atoms with Crippen LogP contribution in [0.2, 0.25) is 0 Å². The molecule has 2 aromatic carbocycles. The number of sulfone groups is 1. The smallest absolute Gasteiger partial charge is 0.161 e. The Morgan fingerprint density at radius 2 is 1.72 bits per heavy atom. The summed E-state index contributed by atoms with van der Waals surface area (Å²) in [7, 11) is -1.83. The van der Waals surface area contributed by atoms with E-state index in [1.165, 1.54) is 7.11 Å². The topological polar surface area (TPSA) is 61.2 Å². The third-order valence-corrected chi connectivity index (χ3v) is 5.36.